The van der Waals surface area contributed by atoms with Crippen LogP contribution in [0.25, 0.3) is 0 Å². The van der Waals surface area contributed by atoms with Crippen LogP contribution in [0.4, 0.5) is 13.2 Å². The van der Waals surface area contributed by atoms with Gasteiger partial charge in [0.15, 0.2) is 5.69 Å². The first-order valence-corrected chi connectivity index (χ1v) is 9.35. The number of amides is 2. The summed E-state index contributed by atoms with van der Waals surface area (Å²) in [6, 6.07) is -0.421. The minimum atomic E-state index is -4.66. The van der Waals surface area contributed by atoms with Crippen molar-refractivity contribution in [3.05, 3.63) is 15.9 Å². The molecule has 3 rings (SSSR count). The van der Waals surface area contributed by atoms with Gasteiger partial charge in [-0.05, 0) is 22.4 Å². The monoisotopic (exact) mass is 462 g/mol. The van der Waals surface area contributed by atoms with Gasteiger partial charge in [0.1, 0.15) is 12.3 Å². The van der Waals surface area contributed by atoms with Crippen molar-refractivity contribution in [1.29, 1.82) is 0 Å². The van der Waals surface area contributed by atoms with Gasteiger partial charge in [-0.2, -0.15) is 18.3 Å². The molecule has 28 heavy (non-hydrogen) atoms. The number of hydrogen-bond donors (Lipinski definition) is 0. The molecular weight excluding hydrogens is 445 g/mol. The number of carbonyl (C=O) groups is 2. The van der Waals surface area contributed by atoms with Gasteiger partial charge in [0.25, 0.3) is 5.91 Å². The molecule has 0 radical (unpaired) electrons. The number of aryl methyl sites for hydroxylation is 1. The summed E-state index contributed by atoms with van der Waals surface area (Å²) in [6.07, 6.45) is 1.46. The molecule has 1 aromatic rings. The Morgan fingerprint density at radius 2 is 1.96 bits per heavy atom. The molecule has 2 aliphatic rings. The Labute approximate surface area is 167 Å². The number of terminal acetylenes is 1. The lowest BCUT2D eigenvalue weighted by atomic mass is 10.2. The van der Waals surface area contributed by atoms with Crippen LogP contribution in [-0.4, -0.2) is 69.8 Å². The van der Waals surface area contributed by atoms with Crippen LogP contribution < -0.4 is 0 Å². The second-order valence-electron chi connectivity index (χ2n) is 6.69. The molecule has 2 atom stereocenters. The third-order valence-corrected chi connectivity index (χ3v) is 5.65. The topological polar surface area (TPSA) is 67.7 Å². The molecule has 2 amide bonds. The second-order valence-corrected chi connectivity index (χ2v) is 7.48. The van der Waals surface area contributed by atoms with Crippen molar-refractivity contribution in [3.63, 3.8) is 0 Å². The lowest BCUT2D eigenvalue weighted by Crippen LogP contribution is -2.51. The molecule has 152 valence electrons. The first-order chi connectivity index (χ1) is 13.1. The van der Waals surface area contributed by atoms with Crippen LogP contribution in [0.2, 0.25) is 0 Å². The van der Waals surface area contributed by atoms with Gasteiger partial charge in [-0.15, -0.1) is 12.3 Å². The summed E-state index contributed by atoms with van der Waals surface area (Å²) >= 11 is 2.87. The standard InChI is InChI=1S/C17H18BrF3N4O3/c1-3-4-5-28-9-12(26)24-7-11-6-10(24)8-25(11)16(27)14-13(18)15(17(19,20)21)22-23(14)2/h1,10-11H,4-9H2,2H3/t10-,11-/m0/s1. The molecule has 2 saturated heterocycles. The smallest absolute Gasteiger partial charge is 0.371 e. The van der Waals surface area contributed by atoms with E-state index >= 15 is 0 Å². The maximum Gasteiger partial charge on any atom is 0.436 e. The second kappa shape index (κ2) is 7.75. The summed E-state index contributed by atoms with van der Waals surface area (Å²) in [5.74, 6) is 1.69. The van der Waals surface area contributed by atoms with E-state index in [4.69, 9.17) is 11.2 Å². The number of alkyl halides is 3. The van der Waals surface area contributed by atoms with Gasteiger partial charge in [-0.3, -0.25) is 14.3 Å². The molecule has 3 heterocycles. The minimum Gasteiger partial charge on any atom is -0.371 e. The highest BCUT2D eigenvalue weighted by atomic mass is 79.9. The van der Waals surface area contributed by atoms with Crippen molar-refractivity contribution in [1.82, 2.24) is 19.6 Å². The zero-order chi connectivity index (χ0) is 20.6. The number of piperazine rings is 1. The highest BCUT2D eigenvalue weighted by Gasteiger charge is 2.48. The summed E-state index contributed by atoms with van der Waals surface area (Å²) in [5, 5.41) is 3.43. The summed E-state index contributed by atoms with van der Waals surface area (Å²) in [6.45, 7) is 0.805. The van der Waals surface area contributed by atoms with E-state index in [2.05, 4.69) is 26.9 Å². The molecule has 0 aromatic carbocycles. The number of fused-ring (bicyclic) bond motifs is 2. The molecule has 0 unspecified atom stereocenters. The summed E-state index contributed by atoms with van der Waals surface area (Å²) < 4.78 is 44.9. The van der Waals surface area contributed by atoms with Gasteiger partial charge in [-0.1, -0.05) is 0 Å². The molecule has 1 aromatic heterocycles. The first-order valence-electron chi connectivity index (χ1n) is 8.56. The molecule has 2 bridgehead atoms. The van der Waals surface area contributed by atoms with Crippen LogP contribution in [-0.2, 0) is 22.8 Å². The zero-order valence-corrected chi connectivity index (χ0v) is 16.6. The number of carbonyl (C=O) groups excluding carboxylic acids is 2. The Morgan fingerprint density at radius 1 is 1.32 bits per heavy atom. The van der Waals surface area contributed by atoms with E-state index in [0.717, 1.165) is 4.68 Å². The largest absolute Gasteiger partial charge is 0.436 e. The predicted octanol–water partition coefficient (Wildman–Crippen LogP) is 1.67. The van der Waals surface area contributed by atoms with Crippen LogP contribution in [0.1, 0.15) is 29.0 Å². The van der Waals surface area contributed by atoms with Crippen molar-refractivity contribution < 1.29 is 27.5 Å². The van der Waals surface area contributed by atoms with Crippen LogP contribution in [0, 0.1) is 12.3 Å². The molecule has 2 fully saturated rings. The Morgan fingerprint density at radius 3 is 2.50 bits per heavy atom. The zero-order valence-electron chi connectivity index (χ0n) is 15.0. The minimum absolute atomic E-state index is 0.0823. The fourth-order valence-electron chi connectivity index (χ4n) is 3.64. The molecule has 2 aliphatic heterocycles. The van der Waals surface area contributed by atoms with Gasteiger partial charge >= 0.3 is 6.18 Å². The average Bonchev–Trinajstić information content (AvgIpc) is 3.30. The highest BCUT2D eigenvalue weighted by Crippen LogP contribution is 2.38. The SMILES string of the molecule is C#CCCOCC(=O)N1C[C@@H]2C[C@H]1CN2C(=O)c1c(Br)c(C(F)(F)F)nn1C. The predicted molar refractivity (Wildman–Crippen MR) is 95.1 cm³/mol. The number of aromatic nitrogens is 2. The molecule has 0 spiro atoms. The van der Waals surface area contributed by atoms with E-state index in [1.165, 1.54) is 11.9 Å². The molecule has 0 aliphatic carbocycles. The third kappa shape index (κ3) is 3.75. The van der Waals surface area contributed by atoms with Crippen molar-refractivity contribution in [2.24, 2.45) is 7.05 Å². The van der Waals surface area contributed by atoms with E-state index < -0.39 is 17.8 Å². The summed E-state index contributed by atoms with van der Waals surface area (Å²) in [4.78, 5) is 28.3. The highest BCUT2D eigenvalue weighted by molar-refractivity contribution is 9.10. The van der Waals surface area contributed by atoms with Crippen LogP contribution in [0.5, 0.6) is 0 Å². The maximum atomic E-state index is 13.0. The number of hydrogen-bond acceptors (Lipinski definition) is 4. The van der Waals surface area contributed by atoms with Crippen LogP contribution >= 0.6 is 15.9 Å². The number of rotatable bonds is 5. The Balaban J connectivity index is 1.66. The molecule has 0 N–H and O–H groups in total. The normalized spacial score (nSPS) is 21.3. The average molecular weight is 463 g/mol. The summed E-state index contributed by atoms with van der Waals surface area (Å²) in [7, 11) is 1.30. The van der Waals surface area contributed by atoms with Crippen molar-refractivity contribution >= 4 is 27.7 Å². The van der Waals surface area contributed by atoms with Gasteiger partial charge in [0.05, 0.1) is 23.2 Å². The fourth-order valence-corrected chi connectivity index (χ4v) is 4.37. The third-order valence-electron chi connectivity index (χ3n) is 4.90. The van der Waals surface area contributed by atoms with Crippen molar-refractivity contribution in [2.75, 3.05) is 26.3 Å². The van der Waals surface area contributed by atoms with Gasteiger partial charge in [0, 0.05) is 26.6 Å². The maximum absolute atomic E-state index is 13.0. The molecule has 11 heteroatoms. The molecular formula is C17H18BrF3N4O3. The summed E-state index contributed by atoms with van der Waals surface area (Å²) in [5.41, 5.74) is -1.29. The van der Waals surface area contributed by atoms with Gasteiger partial charge < -0.3 is 14.5 Å². The van der Waals surface area contributed by atoms with Crippen molar-refractivity contribution in [3.8, 4) is 12.3 Å². The van der Waals surface area contributed by atoms with Crippen LogP contribution in [0.3, 0.4) is 0 Å². The Kier molecular flexibility index (Phi) is 5.72. The lowest BCUT2D eigenvalue weighted by molar-refractivity contribution is -0.142. The number of halogens is 4. The van der Waals surface area contributed by atoms with E-state index in [1.807, 2.05) is 0 Å². The van der Waals surface area contributed by atoms with Gasteiger partial charge in [-0.25, -0.2) is 0 Å². The van der Waals surface area contributed by atoms with Gasteiger partial charge in [0.2, 0.25) is 5.91 Å². The van der Waals surface area contributed by atoms with E-state index in [0.29, 0.717) is 26.0 Å². The fraction of sp³-hybridized carbons (Fsp3) is 0.588. The van der Waals surface area contributed by atoms with E-state index in [1.54, 1.807) is 4.90 Å². The Bertz CT molecular complexity index is 833. The number of ether oxygens (including phenoxy) is 1. The molecule has 7 nitrogen and oxygen atoms in total. The Hall–Kier alpha value is -2.06. The number of likely N-dealkylation sites (tertiary alicyclic amines) is 2. The van der Waals surface area contributed by atoms with Crippen molar-refractivity contribution in [2.45, 2.75) is 31.1 Å². The lowest BCUT2D eigenvalue weighted by Gasteiger charge is -2.34. The first kappa shape index (κ1) is 20.7. The number of nitrogens with zero attached hydrogens (tertiary/aromatic N) is 4. The van der Waals surface area contributed by atoms with Crippen LogP contribution in [0.15, 0.2) is 4.47 Å². The molecule has 0 saturated carbocycles. The quantitative estimate of drug-likeness (QED) is 0.493. The van der Waals surface area contributed by atoms with E-state index in [-0.39, 0.29) is 41.3 Å². The van der Waals surface area contributed by atoms with E-state index in [9.17, 15) is 22.8 Å².